The predicted octanol–water partition coefficient (Wildman–Crippen LogP) is 2.40. The summed E-state index contributed by atoms with van der Waals surface area (Å²) in [5.74, 6) is -0.190. The number of carbonyl (C=O) groups is 1. The zero-order valence-corrected chi connectivity index (χ0v) is 12.4. The Bertz CT molecular complexity index is 441. The summed E-state index contributed by atoms with van der Waals surface area (Å²) < 4.78 is 0. The van der Waals surface area contributed by atoms with Crippen LogP contribution in [0.3, 0.4) is 0 Å². The summed E-state index contributed by atoms with van der Waals surface area (Å²) in [5.41, 5.74) is -0.0189. The van der Waals surface area contributed by atoms with Crippen molar-refractivity contribution in [1.29, 1.82) is 0 Å². The van der Waals surface area contributed by atoms with Gasteiger partial charge in [-0.1, -0.05) is 29.8 Å². The van der Waals surface area contributed by atoms with E-state index in [9.17, 15) is 9.59 Å². The lowest BCUT2D eigenvalue weighted by Crippen LogP contribution is -2.42. The van der Waals surface area contributed by atoms with Crippen LogP contribution in [0.1, 0.15) is 37.0 Å². The van der Waals surface area contributed by atoms with Gasteiger partial charge in [-0.25, -0.2) is 0 Å². The first-order chi connectivity index (χ1) is 8.65. The van der Waals surface area contributed by atoms with E-state index in [-0.39, 0.29) is 22.9 Å². The maximum Gasteiger partial charge on any atom is 0.259 e. The molecule has 1 heterocycles. The average Bonchev–Trinajstić information content (AvgIpc) is 2.39. The van der Waals surface area contributed by atoms with Gasteiger partial charge in [-0.2, -0.15) is 0 Å². The molecule has 4 nitrogen and oxygen atoms in total. The molecule has 1 amide bonds. The maximum atomic E-state index is 12.4. The van der Waals surface area contributed by atoms with Crippen molar-refractivity contribution in [3.8, 4) is 0 Å². The van der Waals surface area contributed by atoms with Crippen molar-refractivity contribution in [2.24, 2.45) is 0 Å². The number of rotatable bonds is 6. The average molecular weight is 315 g/mol. The Balaban J connectivity index is 3.03. The van der Waals surface area contributed by atoms with Gasteiger partial charge in [0.25, 0.3) is 5.91 Å². The predicted molar refractivity (Wildman–Crippen MR) is 76.3 cm³/mol. The highest BCUT2D eigenvalue weighted by atomic mass is 79.9. The molecule has 0 aliphatic rings. The normalized spacial score (nSPS) is 10.7. The summed E-state index contributed by atoms with van der Waals surface area (Å²) in [4.78, 5) is 28.7. The van der Waals surface area contributed by atoms with E-state index in [0.29, 0.717) is 11.9 Å². The molecule has 100 valence electrons. The van der Waals surface area contributed by atoms with Crippen LogP contribution in [0.25, 0.3) is 0 Å². The number of pyridine rings is 1. The summed E-state index contributed by atoms with van der Waals surface area (Å²) in [6.45, 7) is 4.72. The fraction of sp³-hybridized carbons (Fsp3) is 0.538. The number of nitrogens with one attached hydrogen (secondary N) is 1. The molecule has 0 aromatic carbocycles. The van der Waals surface area contributed by atoms with Gasteiger partial charge >= 0.3 is 0 Å². The molecule has 0 saturated heterocycles. The minimum atomic E-state index is -0.232. The molecule has 0 fully saturated rings. The second kappa shape index (κ2) is 7.36. The van der Waals surface area contributed by atoms with Gasteiger partial charge in [-0.05, 0) is 12.8 Å². The summed E-state index contributed by atoms with van der Waals surface area (Å²) in [6.07, 6.45) is 4.79. The summed E-state index contributed by atoms with van der Waals surface area (Å²) in [7, 11) is 0. The highest BCUT2D eigenvalue weighted by Crippen LogP contribution is 2.12. The molecule has 0 aliphatic heterocycles. The molecule has 0 saturated carbocycles. The quantitative estimate of drug-likeness (QED) is 0.820. The molecule has 1 rings (SSSR count). The highest BCUT2D eigenvalue weighted by Gasteiger charge is 2.23. The van der Waals surface area contributed by atoms with Crippen LogP contribution in [0, 0.1) is 0 Å². The minimum Gasteiger partial charge on any atom is -0.367 e. The Kier molecular flexibility index (Phi) is 6.12. The Morgan fingerprint density at radius 2 is 2.11 bits per heavy atom. The second-order valence-corrected chi connectivity index (χ2v) is 4.87. The van der Waals surface area contributed by atoms with Crippen LogP contribution < -0.4 is 5.43 Å². The molecular weight excluding hydrogens is 296 g/mol. The summed E-state index contributed by atoms with van der Waals surface area (Å²) in [5, 5.41) is 0.708. The van der Waals surface area contributed by atoms with E-state index in [1.807, 2.05) is 0 Å². The molecular formula is C13H19BrN2O2. The Morgan fingerprint density at radius 1 is 1.44 bits per heavy atom. The monoisotopic (exact) mass is 314 g/mol. The number of hydrogen-bond donors (Lipinski definition) is 1. The lowest BCUT2D eigenvalue weighted by atomic mass is 10.1. The number of aromatic nitrogens is 1. The van der Waals surface area contributed by atoms with E-state index < -0.39 is 0 Å². The molecule has 0 bridgehead atoms. The van der Waals surface area contributed by atoms with E-state index in [1.54, 1.807) is 4.90 Å². The minimum absolute atomic E-state index is 0.176. The Morgan fingerprint density at radius 3 is 2.61 bits per heavy atom. The van der Waals surface area contributed by atoms with Gasteiger partial charge in [0.05, 0.1) is 0 Å². The van der Waals surface area contributed by atoms with Gasteiger partial charge in [0.1, 0.15) is 5.56 Å². The van der Waals surface area contributed by atoms with E-state index >= 15 is 0 Å². The lowest BCUT2D eigenvalue weighted by Gasteiger charge is -2.29. The third-order valence-corrected chi connectivity index (χ3v) is 3.38. The van der Waals surface area contributed by atoms with Crippen molar-refractivity contribution >= 4 is 21.8 Å². The number of halogens is 1. The van der Waals surface area contributed by atoms with E-state index in [1.165, 1.54) is 18.5 Å². The number of nitrogens with zero attached hydrogens (tertiary/aromatic N) is 1. The van der Waals surface area contributed by atoms with Crippen LogP contribution in [0.5, 0.6) is 0 Å². The number of amides is 1. The number of hydrogen-bond acceptors (Lipinski definition) is 2. The number of alkyl halides is 1. The Labute approximate surface area is 116 Å². The molecule has 0 radical (unpaired) electrons. The van der Waals surface area contributed by atoms with Crippen LogP contribution in [-0.4, -0.2) is 33.7 Å². The van der Waals surface area contributed by atoms with Crippen molar-refractivity contribution < 1.29 is 4.79 Å². The number of H-pyrrole nitrogens is 1. The maximum absolute atomic E-state index is 12.4. The molecule has 0 unspecified atom stereocenters. The van der Waals surface area contributed by atoms with E-state index in [4.69, 9.17) is 0 Å². The fourth-order valence-electron chi connectivity index (χ4n) is 2.01. The third kappa shape index (κ3) is 3.45. The van der Waals surface area contributed by atoms with Gasteiger partial charge in [0, 0.05) is 36.4 Å². The zero-order valence-electron chi connectivity index (χ0n) is 10.8. The van der Waals surface area contributed by atoms with Crippen LogP contribution >= 0.6 is 15.9 Å². The molecule has 1 N–H and O–H groups in total. The van der Waals surface area contributed by atoms with Crippen LogP contribution in [-0.2, 0) is 0 Å². The fourth-order valence-corrected chi connectivity index (χ4v) is 2.39. The van der Waals surface area contributed by atoms with Crippen molar-refractivity contribution in [3.05, 3.63) is 34.2 Å². The molecule has 5 heteroatoms. The van der Waals surface area contributed by atoms with Crippen LogP contribution in [0.2, 0.25) is 0 Å². The lowest BCUT2D eigenvalue weighted by molar-refractivity contribution is 0.0681. The van der Waals surface area contributed by atoms with Gasteiger partial charge in [-0.3, -0.25) is 9.59 Å². The smallest absolute Gasteiger partial charge is 0.259 e. The standard InChI is InChI=1S/C13H19BrN2O2/c1-3-10(4-2)16(8-6-14)13(18)11-9-15-7-5-12(11)17/h5,7,9-10H,3-4,6,8H2,1-2H3,(H,15,17). The second-order valence-electron chi connectivity index (χ2n) is 4.08. The molecule has 0 spiro atoms. The first-order valence-corrected chi connectivity index (χ1v) is 7.31. The number of carbonyl (C=O) groups excluding carboxylic acids is 1. The van der Waals surface area contributed by atoms with Crippen LogP contribution in [0.15, 0.2) is 23.3 Å². The van der Waals surface area contributed by atoms with Crippen molar-refractivity contribution in [1.82, 2.24) is 9.88 Å². The highest BCUT2D eigenvalue weighted by molar-refractivity contribution is 9.09. The van der Waals surface area contributed by atoms with Gasteiger partial charge in [0.15, 0.2) is 5.43 Å². The molecule has 18 heavy (non-hydrogen) atoms. The van der Waals surface area contributed by atoms with Crippen molar-refractivity contribution in [2.45, 2.75) is 32.7 Å². The molecule has 0 atom stereocenters. The summed E-state index contributed by atoms with van der Waals surface area (Å²) in [6, 6.07) is 1.56. The molecule has 1 aromatic rings. The Hall–Kier alpha value is -1.10. The van der Waals surface area contributed by atoms with Crippen molar-refractivity contribution in [3.63, 3.8) is 0 Å². The zero-order chi connectivity index (χ0) is 13.5. The van der Waals surface area contributed by atoms with Gasteiger partial charge in [-0.15, -0.1) is 0 Å². The van der Waals surface area contributed by atoms with Gasteiger partial charge in [0.2, 0.25) is 0 Å². The first-order valence-electron chi connectivity index (χ1n) is 6.19. The van der Waals surface area contributed by atoms with Gasteiger partial charge < -0.3 is 9.88 Å². The first kappa shape index (κ1) is 15.0. The van der Waals surface area contributed by atoms with E-state index in [2.05, 4.69) is 34.8 Å². The SMILES string of the molecule is CCC(CC)N(CCBr)C(=O)c1c[nH]ccc1=O. The molecule has 0 aliphatic carbocycles. The van der Waals surface area contributed by atoms with Crippen LogP contribution in [0.4, 0.5) is 0 Å². The number of aromatic amines is 1. The summed E-state index contributed by atoms with van der Waals surface area (Å²) >= 11 is 3.36. The molecule has 1 aromatic heterocycles. The van der Waals surface area contributed by atoms with Crippen molar-refractivity contribution in [2.75, 3.05) is 11.9 Å². The largest absolute Gasteiger partial charge is 0.367 e. The third-order valence-electron chi connectivity index (χ3n) is 3.02. The van der Waals surface area contributed by atoms with E-state index in [0.717, 1.165) is 12.8 Å². The topological polar surface area (TPSA) is 53.2 Å².